The third-order valence-corrected chi connectivity index (χ3v) is 119. The molecule has 4 aromatic carbocycles. The summed E-state index contributed by atoms with van der Waals surface area (Å²) in [6.07, 6.45) is 0. The summed E-state index contributed by atoms with van der Waals surface area (Å²) in [7, 11) is 0. The SMILES string of the molecule is C(#Cc1cccc(C#C[C]23[CH]4[CH]5[CH]6[CH]2[Fe]56432789[CH]3[CH]2[CH]7[CH]8[CH]39)c1)c1ccccc1.C(#Cc1cccc(C#C[C]23[CH]4[CH]5[CH]6[CH]2[Fe]56432789[CH]3[CH]2[CH]7[CH]8[CH]39)c1)c1ccccc1. The quantitative estimate of drug-likeness (QED) is 0.123. The van der Waals surface area contributed by atoms with Crippen LogP contribution in [0.25, 0.3) is 0 Å². The maximum atomic E-state index is 4.09. The van der Waals surface area contributed by atoms with E-state index in [2.05, 4.69) is 120 Å². The van der Waals surface area contributed by atoms with E-state index in [-0.39, 0.29) is 0 Å². The Kier molecular flexibility index (Phi) is 1.28. The molecular formula is C52H36Fe2. The Morgan fingerprint density at radius 1 is 0.296 bits per heavy atom. The standard InChI is InChI=1S/2C21H13.2C5H5.2Fe/c2*1-2-7-18(8-3-1)13-15-20-11-6-12-21(17-20)16-14-19-9-4-5-10-19;2*1-2-4-5-3-1;;/h2*1-12,17H;2*1-5H;;. The first-order chi connectivity index (χ1) is 26.1. The second-order valence-corrected chi connectivity index (χ2v) is 73.4. The van der Waals surface area contributed by atoms with Crippen molar-refractivity contribution in [2.45, 2.75) is 95.3 Å². The molecule has 0 radical (unpaired) electrons. The Hall–Kier alpha value is -3.84. The summed E-state index contributed by atoms with van der Waals surface area (Å²) in [6.45, 7) is -6.04. The van der Waals surface area contributed by atoms with Crippen molar-refractivity contribution in [3.8, 4) is 47.4 Å². The summed E-state index contributed by atoms with van der Waals surface area (Å²) in [5, 5.41) is 0. The van der Waals surface area contributed by atoms with Crippen LogP contribution in [0.2, 0.25) is 95.3 Å². The molecule has 0 saturated carbocycles. The fourth-order valence-electron chi connectivity index (χ4n) is 36.0. The molecule has 20 aliphatic heterocycles. The fraction of sp³-hybridized carbons (Fsp3) is 0.385. The first kappa shape index (κ1) is 23.3. The van der Waals surface area contributed by atoms with Crippen molar-refractivity contribution in [1.82, 2.24) is 0 Å². The zero-order chi connectivity index (χ0) is 33.9. The molecule has 20 fully saturated rings. The van der Waals surface area contributed by atoms with Gasteiger partial charge < -0.3 is 0 Å². The molecule has 2 heteroatoms. The van der Waals surface area contributed by atoms with Gasteiger partial charge in [0, 0.05) is 0 Å². The maximum absolute atomic E-state index is 4.09. The van der Waals surface area contributed by atoms with Crippen molar-refractivity contribution in [3.63, 3.8) is 0 Å². The minimum atomic E-state index is -3.02. The van der Waals surface area contributed by atoms with E-state index in [4.69, 9.17) is 0 Å². The van der Waals surface area contributed by atoms with Crippen LogP contribution in [0.5, 0.6) is 0 Å². The van der Waals surface area contributed by atoms with Gasteiger partial charge in [0.05, 0.1) is 0 Å². The van der Waals surface area contributed by atoms with Gasteiger partial charge in [-0.2, -0.15) is 0 Å². The topological polar surface area (TPSA) is 0 Å². The van der Waals surface area contributed by atoms with E-state index in [1.165, 1.54) is 97.8 Å². The van der Waals surface area contributed by atoms with Gasteiger partial charge in [0.15, 0.2) is 0 Å². The average Bonchev–Trinajstić information content (AvgIpc) is 4.10. The molecule has 0 aromatic heterocycles. The molecule has 20 aliphatic rings. The van der Waals surface area contributed by atoms with Gasteiger partial charge in [-0.1, -0.05) is 0 Å². The minimum absolute atomic E-state index is 0.713. The van der Waals surface area contributed by atoms with Crippen LogP contribution in [0, 0.1) is 47.4 Å². The number of hydrogen-bond donors (Lipinski definition) is 0. The Morgan fingerprint density at radius 3 is 0.852 bits per heavy atom. The molecule has 0 nitrogen and oxygen atoms in total. The van der Waals surface area contributed by atoms with E-state index < -0.39 is 13.0 Å². The monoisotopic (exact) mass is 772 g/mol. The van der Waals surface area contributed by atoms with Crippen LogP contribution in [-0.2, 0) is 13.0 Å². The first-order valence-corrected chi connectivity index (χ1v) is 33.6. The van der Waals surface area contributed by atoms with Crippen LogP contribution in [0.15, 0.2) is 109 Å². The number of fused-ring (bicyclic) bond motifs is 20. The Labute approximate surface area is 296 Å². The van der Waals surface area contributed by atoms with Crippen molar-refractivity contribution >= 4 is 0 Å². The molecule has 20 saturated heterocycles. The molecule has 0 amide bonds. The molecule has 8 atom stereocenters. The molecule has 0 aliphatic carbocycles. The van der Waals surface area contributed by atoms with Crippen LogP contribution in [0.4, 0.5) is 0 Å². The van der Waals surface area contributed by atoms with E-state index in [1.54, 1.807) is 0 Å². The predicted octanol–water partition coefficient (Wildman–Crippen LogP) is 12.4. The van der Waals surface area contributed by atoms with Gasteiger partial charge in [-0.05, 0) is 0 Å². The van der Waals surface area contributed by atoms with Crippen molar-refractivity contribution in [1.29, 1.82) is 0 Å². The third kappa shape index (κ3) is 0.465. The molecule has 0 bridgehead atoms. The van der Waals surface area contributed by atoms with Gasteiger partial charge in [0.25, 0.3) is 0 Å². The Balaban J connectivity index is 0.0000000891. The summed E-state index contributed by atoms with van der Waals surface area (Å²) in [5.41, 5.74) is 6.74. The van der Waals surface area contributed by atoms with E-state index >= 15 is 0 Å². The van der Waals surface area contributed by atoms with Crippen LogP contribution < -0.4 is 0 Å². The Bertz CT molecular complexity index is 3540. The summed E-state index contributed by atoms with van der Waals surface area (Å²) < 4.78 is 1.43. The van der Waals surface area contributed by atoms with Gasteiger partial charge in [0.1, 0.15) is 0 Å². The second kappa shape index (κ2) is 2.96. The normalized spacial score (nSPS) is 78.0. The summed E-state index contributed by atoms with van der Waals surface area (Å²) in [6, 6.07) is 37.9. The van der Waals surface area contributed by atoms with E-state index in [9.17, 15) is 0 Å². The second-order valence-electron chi connectivity index (χ2n) is 26.3. The molecule has 24 rings (SSSR count). The van der Waals surface area contributed by atoms with Crippen molar-refractivity contribution < 1.29 is 13.0 Å². The number of rotatable bonds is 0. The zero-order valence-corrected chi connectivity index (χ0v) is 31.7. The molecule has 260 valence electrons. The van der Waals surface area contributed by atoms with Gasteiger partial charge >= 0.3 is 298 Å². The van der Waals surface area contributed by atoms with Gasteiger partial charge in [-0.3, -0.25) is 0 Å². The molecule has 8 unspecified atom stereocenters. The van der Waals surface area contributed by atoms with Crippen molar-refractivity contribution in [3.05, 3.63) is 143 Å². The summed E-state index contributed by atoms with van der Waals surface area (Å²) in [5.74, 6) is 28.8. The molecule has 54 heavy (non-hydrogen) atoms. The molecule has 0 N–H and O–H groups in total. The van der Waals surface area contributed by atoms with E-state index in [0.29, 0.717) is 8.63 Å². The average molecular weight is 773 g/mol. The molecule has 20 heterocycles. The zero-order valence-electron chi connectivity index (χ0n) is 29.5. The van der Waals surface area contributed by atoms with Gasteiger partial charge in [-0.15, -0.1) is 0 Å². The first-order valence-electron chi connectivity index (χ1n) is 21.0. The number of benzene rings is 4. The van der Waals surface area contributed by atoms with Crippen molar-refractivity contribution in [2.75, 3.05) is 0 Å². The van der Waals surface area contributed by atoms with Crippen molar-refractivity contribution in [2.24, 2.45) is 0 Å². The fourth-order valence-corrected chi connectivity index (χ4v) is 182. The van der Waals surface area contributed by atoms with E-state index in [0.717, 1.165) is 22.3 Å². The number of hydrogen-bond acceptors (Lipinski definition) is 0. The third-order valence-electron chi connectivity index (χ3n) is 34.1. The van der Waals surface area contributed by atoms with Gasteiger partial charge in [-0.25, -0.2) is 0 Å². The molecule has 2 spiro atoms. The molecular weight excluding hydrogens is 736 g/mol. The van der Waals surface area contributed by atoms with E-state index in [1.807, 2.05) is 36.4 Å². The van der Waals surface area contributed by atoms with Crippen LogP contribution in [0.3, 0.4) is 0 Å². The van der Waals surface area contributed by atoms with Crippen LogP contribution >= 0.6 is 0 Å². The van der Waals surface area contributed by atoms with Gasteiger partial charge in [0.2, 0.25) is 0 Å². The molecule has 4 aromatic rings. The Morgan fingerprint density at radius 2 is 0.574 bits per heavy atom. The predicted molar refractivity (Wildman–Crippen MR) is 204 cm³/mol. The van der Waals surface area contributed by atoms with Crippen LogP contribution in [-0.4, -0.2) is 0 Å². The summed E-state index contributed by atoms with van der Waals surface area (Å²) >= 11 is 0. The summed E-state index contributed by atoms with van der Waals surface area (Å²) in [4.78, 5) is 24.3. The van der Waals surface area contributed by atoms with Crippen LogP contribution in [0.1, 0.15) is 33.4 Å².